The molecule has 2 saturated heterocycles. The van der Waals surface area contributed by atoms with Crippen LogP contribution < -0.4 is 10.2 Å². The van der Waals surface area contributed by atoms with Crippen LogP contribution in [0.5, 0.6) is 0 Å². The SMILES string of the molecule is CC1=CC[C@H]2C(=O)N(c3ccc(C(=O)Nc4cccc(C(=O)N5CCOCC5)c4)cc3)C(=O)[C@@H]2C1. The highest BCUT2D eigenvalue weighted by Gasteiger charge is 2.48. The molecule has 180 valence electrons. The normalized spacial score (nSPS) is 22.0. The summed E-state index contributed by atoms with van der Waals surface area (Å²) in [6.45, 7) is 4.11. The second-order valence-corrected chi connectivity index (χ2v) is 9.20. The Balaban J connectivity index is 1.27. The molecule has 8 heteroatoms. The number of hydrogen-bond acceptors (Lipinski definition) is 5. The van der Waals surface area contributed by atoms with Crippen molar-refractivity contribution < 1.29 is 23.9 Å². The van der Waals surface area contributed by atoms with E-state index in [0.717, 1.165) is 5.57 Å². The lowest BCUT2D eigenvalue weighted by atomic mass is 9.82. The van der Waals surface area contributed by atoms with Crippen LogP contribution in [0.1, 0.15) is 40.5 Å². The summed E-state index contributed by atoms with van der Waals surface area (Å²) in [6, 6.07) is 13.3. The fourth-order valence-electron chi connectivity index (χ4n) is 4.94. The maximum absolute atomic E-state index is 12.9. The molecule has 0 spiro atoms. The predicted molar refractivity (Wildman–Crippen MR) is 130 cm³/mol. The van der Waals surface area contributed by atoms with E-state index in [4.69, 9.17) is 4.74 Å². The van der Waals surface area contributed by atoms with E-state index in [1.54, 1.807) is 53.4 Å². The highest BCUT2D eigenvalue weighted by Crippen LogP contribution is 2.39. The third kappa shape index (κ3) is 4.49. The topological polar surface area (TPSA) is 96.0 Å². The van der Waals surface area contributed by atoms with Crippen LogP contribution in [0.3, 0.4) is 0 Å². The Morgan fingerprint density at radius 1 is 0.943 bits per heavy atom. The number of fused-ring (bicyclic) bond motifs is 1. The number of hydrogen-bond donors (Lipinski definition) is 1. The van der Waals surface area contributed by atoms with E-state index < -0.39 is 0 Å². The number of allylic oxidation sites excluding steroid dienone is 2. The highest BCUT2D eigenvalue weighted by molar-refractivity contribution is 6.22. The van der Waals surface area contributed by atoms with Crippen LogP contribution >= 0.6 is 0 Å². The van der Waals surface area contributed by atoms with Crippen molar-refractivity contribution in [1.82, 2.24) is 4.90 Å². The van der Waals surface area contributed by atoms with Gasteiger partial charge in [0.2, 0.25) is 11.8 Å². The molecular formula is C27H27N3O5. The summed E-state index contributed by atoms with van der Waals surface area (Å²) in [5, 5.41) is 2.82. The summed E-state index contributed by atoms with van der Waals surface area (Å²) in [7, 11) is 0. The van der Waals surface area contributed by atoms with E-state index >= 15 is 0 Å². The van der Waals surface area contributed by atoms with Crippen molar-refractivity contribution in [2.75, 3.05) is 36.5 Å². The number of carbonyl (C=O) groups is 4. The Hall–Kier alpha value is -3.78. The van der Waals surface area contributed by atoms with Crippen LogP contribution in [-0.2, 0) is 14.3 Å². The molecule has 5 rings (SSSR count). The fourth-order valence-corrected chi connectivity index (χ4v) is 4.94. The number of nitrogens with zero attached hydrogens (tertiary/aromatic N) is 2. The molecule has 35 heavy (non-hydrogen) atoms. The van der Waals surface area contributed by atoms with Crippen molar-refractivity contribution >= 4 is 35.0 Å². The lowest BCUT2D eigenvalue weighted by molar-refractivity contribution is -0.122. The molecule has 2 heterocycles. The molecule has 0 unspecified atom stereocenters. The number of morpholine rings is 1. The van der Waals surface area contributed by atoms with E-state index in [1.807, 2.05) is 13.0 Å². The molecule has 4 amide bonds. The molecular weight excluding hydrogens is 446 g/mol. The third-order valence-electron chi connectivity index (χ3n) is 6.88. The van der Waals surface area contributed by atoms with Crippen LogP contribution in [0.4, 0.5) is 11.4 Å². The van der Waals surface area contributed by atoms with Gasteiger partial charge in [0.15, 0.2) is 0 Å². The molecule has 2 fully saturated rings. The lowest BCUT2D eigenvalue weighted by Crippen LogP contribution is -2.40. The van der Waals surface area contributed by atoms with Crippen LogP contribution in [0.15, 0.2) is 60.2 Å². The number of benzene rings is 2. The first-order valence-corrected chi connectivity index (χ1v) is 11.8. The minimum Gasteiger partial charge on any atom is -0.378 e. The van der Waals surface area contributed by atoms with Gasteiger partial charge in [0, 0.05) is 29.9 Å². The summed E-state index contributed by atoms with van der Waals surface area (Å²) in [5.41, 5.74) is 3.00. The van der Waals surface area contributed by atoms with E-state index in [2.05, 4.69) is 5.32 Å². The summed E-state index contributed by atoms with van der Waals surface area (Å²) in [5.74, 6) is -1.40. The zero-order chi connectivity index (χ0) is 24.5. The van der Waals surface area contributed by atoms with E-state index in [9.17, 15) is 19.2 Å². The largest absolute Gasteiger partial charge is 0.378 e. The smallest absolute Gasteiger partial charge is 0.255 e. The summed E-state index contributed by atoms with van der Waals surface area (Å²) < 4.78 is 5.30. The number of carbonyl (C=O) groups excluding carboxylic acids is 4. The highest BCUT2D eigenvalue weighted by atomic mass is 16.5. The Labute approximate surface area is 203 Å². The Morgan fingerprint density at radius 2 is 1.66 bits per heavy atom. The van der Waals surface area contributed by atoms with Gasteiger partial charge in [-0.25, -0.2) is 0 Å². The van der Waals surface area contributed by atoms with Crippen LogP contribution in [0, 0.1) is 11.8 Å². The van der Waals surface area contributed by atoms with Gasteiger partial charge in [0.25, 0.3) is 11.8 Å². The average Bonchev–Trinajstić information content (AvgIpc) is 3.13. The quantitative estimate of drug-likeness (QED) is 0.543. The molecule has 8 nitrogen and oxygen atoms in total. The lowest BCUT2D eigenvalue weighted by Gasteiger charge is -2.27. The van der Waals surface area contributed by atoms with Gasteiger partial charge >= 0.3 is 0 Å². The fraction of sp³-hybridized carbons (Fsp3) is 0.333. The zero-order valence-corrected chi connectivity index (χ0v) is 19.5. The standard InChI is InChI=1S/C27H27N3O5/c1-17-5-10-22-23(15-17)27(34)30(26(22)33)21-8-6-18(7-9-21)24(31)28-20-4-2-3-19(16-20)25(32)29-11-13-35-14-12-29/h2-9,16,22-23H,10-15H2,1H3,(H,28,31)/t22-,23-/m1/s1. The molecule has 2 atom stereocenters. The number of imide groups is 1. The van der Waals surface area contributed by atoms with Gasteiger partial charge in [0.05, 0.1) is 30.7 Å². The van der Waals surface area contributed by atoms with Crippen molar-refractivity contribution in [2.24, 2.45) is 11.8 Å². The van der Waals surface area contributed by atoms with E-state index in [-0.39, 0.29) is 35.5 Å². The van der Waals surface area contributed by atoms with Gasteiger partial charge < -0.3 is 15.0 Å². The maximum Gasteiger partial charge on any atom is 0.255 e. The molecule has 3 aliphatic rings. The molecule has 0 aromatic heterocycles. The average molecular weight is 474 g/mol. The number of rotatable bonds is 4. The van der Waals surface area contributed by atoms with Crippen LogP contribution in [0.2, 0.25) is 0 Å². The zero-order valence-electron chi connectivity index (χ0n) is 19.5. The number of nitrogens with one attached hydrogen (secondary N) is 1. The monoisotopic (exact) mass is 473 g/mol. The summed E-state index contributed by atoms with van der Waals surface area (Å²) in [6.07, 6.45) is 3.23. The third-order valence-corrected chi connectivity index (χ3v) is 6.88. The molecule has 1 N–H and O–H groups in total. The van der Waals surface area contributed by atoms with Crippen molar-refractivity contribution in [3.05, 3.63) is 71.3 Å². The van der Waals surface area contributed by atoms with Gasteiger partial charge in [-0.2, -0.15) is 0 Å². The van der Waals surface area contributed by atoms with Gasteiger partial charge in [0.1, 0.15) is 0 Å². The Bertz CT molecular complexity index is 1210. The molecule has 2 aromatic rings. The van der Waals surface area contributed by atoms with Gasteiger partial charge in [-0.15, -0.1) is 0 Å². The first-order chi connectivity index (χ1) is 16.9. The first kappa shape index (κ1) is 23.0. The number of amides is 4. The van der Waals surface area contributed by atoms with E-state index in [0.29, 0.717) is 61.6 Å². The summed E-state index contributed by atoms with van der Waals surface area (Å²) >= 11 is 0. The van der Waals surface area contributed by atoms with Crippen LogP contribution in [-0.4, -0.2) is 54.8 Å². The second-order valence-electron chi connectivity index (χ2n) is 9.20. The number of ether oxygens (including phenoxy) is 1. The van der Waals surface area contributed by atoms with Crippen molar-refractivity contribution in [2.45, 2.75) is 19.8 Å². The molecule has 0 saturated carbocycles. The Morgan fingerprint density at radius 3 is 2.40 bits per heavy atom. The number of anilines is 2. The van der Waals surface area contributed by atoms with Crippen molar-refractivity contribution in [1.29, 1.82) is 0 Å². The minimum absolute atomic E-state index is 0.0975. The first-order valence-electron chi connectivity index (χ1n) is 11.8. The van der Waals surface area contributed by atoms with Gasteiger partial charge in [-0.3, -0.25) is 24.1 Å². The molecule has 2 aliphatic heterocycles. The Kier molecular flexibility index (Phi) is 6.21. The molecule has 1 aliphatic carbocycles. The minimum atomic E-state index is -0.347. The van der Waals surface area contributed by atoms with E-state index in [1.165, 1.54) is 4.90 Å². The predicted octanol–water partition coefficient (Wildman–Crippen LogP) is 3.26. The van der Waals surface area contributed by atoms with Gasteiger partial charge in [-0.05, 0) is 62.2 Å². The van der Waals surface area contributed by atoms with Gasteiger partial charge in [-0.1, -0.05) is 17.7 Å². The summed E-state index contributed by atoms with van der Waals surface area (Å²) in [4.78, 5) is 54.3. The second kappa shape index (κ2) is 9.46. The molecule has 2 aromatic carbocycles. The molecule has 0 bridgehead atoms. The molecule has 0 radical (unpaired) electrons. The van der Waals surface area contributed by atoms with Crippen LogP contribution in [0.25, 0.3) is 0 Å². The van der Waals surface area contributed by atoms with Crippen molar-refractivity contribution in [3.63, 3.8) is 0 Å². The maximum atomic E-state index is 12.9. The van der Waals surface area contributed by atoms with Crippen molar-refractivity contribution in [3.8, 4) is 0 Å².